The van der Waals surface area contributed by atoms with Gasteiger partial charge in [0.1, 0.15) is 5.75 Å². The summed E-state index contributed by atoms with van der Waals surface area (Å²) in [7, 11) is 3.29. The van der Waals surface area contributed by atoms with Crippen LogP contribution in [0.5, 0.6) is 23.3 Å². The minimum absolute atomic E-state index is 0. The summed E-state index contributed by atoms with van der Waals surface area (Å²) in [6, 6.07) is 16.0. The highest BCUT2D eigenvalue weighted by Gasteiger charge is 2.05. The lowest BCUT2D eigenvalue weighted by molar-refractivity contribution is -0.00000689. The lowest BCUT2D eigenvalue weighted by Crippen LogP contribution is -3.00. The standard InChI is InChI=1S/C21H23N3O3.ClH/c1-25-19-8-7-16(14-20(19)26-2)9-12-22-15-17-5-3-6-18(13-17)27-21-23-10-4-11-24-21;/h3-8,10-11,13-14,22H,9,12,15H2,1-2H3;1H/p-1. The maximum atomic E-state index is 5.67. The fraction of sp³-hybridized carbons (Fsp3) is 0.238. The number of rotatable bonds is 9. The molecule has 2 aromatic carbocycles. The third kappa shape index (κ3) is 6.11. The molecule has 6 nitrogen and oxygen atoms in total. The molecule has 3 rings (SSSR count). The molecule has 0 bridgehead atoms. The molecule has 1 heterocycles. The van der Waals surface area contributed by atoms with Crippen LogP contribution in [-0.2, 0) is 13.0 Å². The van der Waals surface area contributed by atoms with Gasteiger partial charge in [-0.1, -0.05) is 18.2 Å². The number of ether oxygens (including phenoxy) is 3. The van der Waals surface area contributed by atoms with Gasteiger partial charge in [0.15, 0.2) is 11.5 Å². The summed E-state index contributed by atoms with van der Waals surface area (Å²) in [5.41, 5.74) is 2.33. The van der Waals surface area contributed by atoms with Crippen LogP contribution in [0.3, 0.4) is 0 Å². The van der Waals surface area contributed by atoms with Crippen molar-refractivity contribution in [3.8, 4) is 23.3 Å². The smallest absolute Gasteiger partial charge is 0.321 e. The molecule has 0 aliphatic heterocycles. The topological polar surface area (TPSA) is 65.5 Å². The van der Waals surface area contributed by atoms with Gasteiger partial charge in [-0.3, -0.25) is 0 Å². The van der Waals surface area contributed by atoms with Crippen molar-refractivity contribution in [1.82, 2.24) is 15.3 Å². The van der Waals surface area contributed by atoms with E-state index in [0.29, 0.717) is 6.01 Å². The SMILES string of the molecule is COc1ccc(CCNCc2cccc(Oc3ncccn3)c2)cc1OC.[Cl-]. The quantitative estimate of drug-likeness (QED) is 0.531. The summed E-state index contributed by atoms with van der Waals surface area (Å²) >= 11 is 0. The molecule has 3 aromatic rings. The summed E-state index contributed by atoms with van der Waals surface area (Å²) in [5.74, 6) is 2.22. The summed E-state index contributed by atoms with van der Waals surface area (Å²) in [5, 5.41) is 3.45. The Kier molecular flexibility index (Phi) is 8.52. The summed E-state index contributed by atoms with van der Waals surface area (Å²) in [6.07, 6.45) is 4.21. The fourth-order valence-corrected chi connectivity index (χ4v) is 2.66. The van der Waals surface area contributed by atoms with E-state index in [0.717, 1.165) is 42.3 Å². The van der Waals surface area contributed by atoms with Crippen LogP contribution in [0.15, 0.2) is 60.9 Å². The highest BCUT2D eigenvalue weighted by atomic mass is 35.5. The zero-order valence-electron chi connectivity index (χ0n) is 15.9. The Balaban J connectivity index is 0.00000280. The van der Waals surface area contributed by atoms with E-state index in [2.05, 4.69) is 27.4 Å². The predicted molar refractivity (Wildman–Crippen MR) is 104 cm³/mol. The Labute approximate surface area is 171 Å². The number of benzene rings is 2. The predicted octanol–water partition coefficient (Wildman–Crippen LogP) is 0.622. The second-order valence-electron chi connectivity index (χ2n) is 5.90. The number of aromatic nitrogens is 2. The van der Waals surface area contributed by atoms with E-state index in [9.17, 15) is 0 Å². The number of halogens is 1. The Bertz CT molecular complexity index is 863. The van der Waals surface area contributed by atoms with Crippen LogP contribution in [0.2, 0.25) is 0 Å². The molecule has 1 N–H and O–H groups in total. The zero-order chi connectivity index (χ0) is 18.9. The van der Waals surface area contributed by atoms with Crippen molar-refractivity contribution in [2.75, 3.05) is 20.8 Å². The monoisotopic (exact) mass is 400 g/mol. The van der Waals surface area contributed by atoms with Crippen LogP contribution in [0.25, 0.3) is 0 Å². The van der Waals surface area contributed by atoms with Crippen LogP contribution in [0.1, 0.15) is 11.1 Å². The van der Waals surface area contributed by atoms with Gasteiger partial charge in [0, 0.05) is 18.9 Å². The Hall–Kier alpha value is -2.83. The van der Waals surface area contributed by atoms with E-state index in [1.165, 1.54) is 5.56 Å². The van der Waals surface area contributed by atoms with Gasteiger partial charge >= 0.3 is 6.01 Å². The third-order valence-corrected chi connectivity index (χ3v) is 4.02. The van der Waals surface area contributed by atoms with Crippen molar-refractivity contribution >= 4 is 0 Å². The fourth-order valence-electron chi connectivity index (χ4n) is 2.66. The number of methoxy groups -OCH3 is 2. The van der Waals surface area contributed by atoms with Gasteiger partial charge in [0.2, 0.25) is 0 Å². The molecular weight excluding hydrogens is 378 g/mol. The minimum atomic E-state index is 0. The third-order valence-electron chi connectivity index (χ3n) is 4.02. The molecule has 148 valence electrons. The first kappa shape index (κ1) is 21.5. The Morgan fingerprint density at radius 1 is 0.857 bits per heavy atom. The molecule has 0 saturated heterocycles. The Morgan fingerprint density at radius 2 is 1.64 bits per heavy atom. The average Bonchev–Trinajstić information content (AvgIpc) is 2.72. The normalized spacial score (nSPS) is 10.1. The summed E-state index contributed by atoms with van der Waals surface area (Å²) < 4.78 is 16.3. The molecule has 0 aliphatic rings. The first-order valence-electron chi connectivity index (χ1n) is 8.74. The van der Waals surface area contributed by atoms with E-state index >= 15 is 0 Å². The molecule has 0 aliphatic carbocycles. The highest BCUT2D eigenvalue weighted by molar-refractivity contribution is 5.43. The molecule has 28 heavy (non-hydrogen) atoms. The van der Waals surface area contributed by atoms with Crippen molar-refractivity contribution < 1.29 is 26.6 Å². The molecule has 0 saturated carbocycles. The van der Waals surface area contributed by atoms with Crippen LogP contribution < -0.4 is 31.9 Å². The second-order valence-corrected chi connectivity index (χ2v) is 5.90. The van der Waals surface area contributed by atoms with Crippen LogP contribution in [0, 0.1) is 0 Å². The van der Waals surface area contributed by atoms with Gasteiger partial charge < -0.3 is 31.9 Å². The van der Waals surface area contributed by atoms with Gasteiger partial charge in [0.05, 0.1) is 14.2 Å². The number of nitrogens with one attached hydrogen (secondary N) is 1. The zero-order valence-corrected chi connectivity index (χ0v) is 16.6. The van der Waals surface area contributed by atoms with E-state index in [1.54, 1.807) is 32.7 Å². The Morgan fingerprint density at radius 3 is 2.39 bits per heavy atom. The number of nitrogens with zero attached hydrogens (tertiary/aromatic N) is 2. The van der Waals surface area contributed by atoms with Crippen molar-refractivity contribution in [2.24, 2.45) is 0 Å². The highest BCUT2D eigenvalue weighted by Crippen LogP contribution is 2.27. The molecule has 0 atom stereocenters. The second kappa shape index (κ2) is 11.1. The van der Waals surface area contributed by atoms with E-state index < -0.39 is 0 Å². The van der Waals surface area contributed by atoms with E-state index in [-0.39, 0.29) is 12.4 Å². The maximum Gasteiger partial charge on any atom is 0.321 e. The van der Waals surface area contributed by atoms with Crippen LogP contribution in [-0.4, -0.2) is 30.7 Å². The molecule has 0 amide bonds. The number of hydrogen-bond acceptors (Lipinski definition) is 6. The van der Waals surface area contributed by atoms with Gasteiger partial charge in [-0.05, 0) is 54.4 Å². The van der Waals surface area contributed by atoms with Gasteiger partial charge in [-0.25, -0.2) is 9.97 Å². The van der Waals surface area contributed by atoms with Crippen LogP contribution >= 0.6 is 0 Å². The molecule has 7 heteroatoms. The lowest BCUT2D eigenvalue weighted by Gasteiger charge is -2.10. The molecule has 0 radical (unpaired) electrons. The molecular formula is C21H23ClN3O3-. The van der Waals surface area contributed by atoms with Crippen LogP contribution in [0.4, 0.5) is 0 Å². The summed E-state index contributed by atoms with van der Waals surface area (Å²) in [4.78, 5) is 8.14. The van der Waals surface area contributed by atoms with Crippen molar-refractivity contribution in [3.63, 3.8) is 0 Å². The molecule has 0 fully saturated rings. The van der Waals surface area contributed by atoms with Crippen molar-refractivity contribution in [3.05, 3.63) is 72.1 Å². The first-order valence-corrected chi connectivity index (χ1v) is 8.74. The molecule has 0 unspecified atom stereocenters. The molecule has 1 aromatic heterocycles. The van der Waals surface area contributed by atoms with E-state index in [4.69, 9.17) is 14.2 Å². The van der Waals surface area contributed by atoms with Crippen molar-refractivity contribution in [1.29, 1.82) is 0 Å². The number of hydrogen-bond donors (Lipinski definition) is 1. The summed E-state index contributed by atoms with van der Waals surface area (Å²) in [6.45, 7) is 1.60. The van der Waals surface area contributed by atoms with E-state index in [1.807, 2.05) is 30.3 Å². The minimum Gasteiger partial charge on any atom is -1.00 e. The average molecular weight is 401 g/mol. The largest absolute Gasteiger partial charge is 1.00 e. The first-order chi connectivity index (χ1) is 13.3. The maximum absolute atomic E-state index is 5.67. The van der Waals surface area contributed by atoms with Gasteiger partial charge in [-0.2, -0.15) is 0 Å². The lowest BCUT2D eigenvalue weighted by atomic mass is 10.1. The van der Waals surface area contributed by atoms with Gasteiger partial charge in [0.25, 0.3) is 0 Å². The van der Waals surface area contributed by atoms with Crippen molar-refractivity contribution in [2.45, 2.75) is 13.0 Å². The molecule has 0 spiro atoms. The van der Waals surface area contributed by atoms with Gasteiger partial charge in [-0.15, -0.1) is 0 Å².